The van der Waals surface area contributed by atoms with Gasteiger partial charge in [0.05, 0.1) is 5.56 Å². The van der Waals surface area contributed by atoms with Gasteiger partial charge in [0.1, 0.15) is 5.82 Å². The van der Waals surface area contributed by atoms with Gasteiger partial charge in [-0.15, -0.1) is 0 Å². The van der Waals surface area contributed by atoms with Gasteiger partial charge in [0.15, 0.2) is 6.61 Å². The highest BCUT2D eigenvalue weighted by Crippen LogP contribution is 2.15. The zero-order chi connectivity index (χ0) is 15.9. The van der Waals surface area contributed by atoms with Crippen molar-refractivity contribution in [3.05, 3.63) is 65.5 Å². The molecule has 1 amide bonds. The van der Waals surface area contributed by atoms with Crippen molar-refractivity contribution in [2.45, 2.75) is 13.3 Å². The van der Waals surface area contributed by atoms with Crippen molar-refractivity contribution >= 4 is 17.6 Å². The average Bonchev–Trinajstić information content (AvgIpc) is 2.53. The highest BCUT2D eigenvalue weighted by molar-refractivity contribution is 5.95. The summed E-state index contributed by atoms with van der Waals surface area (Å²) in [6.45, 7) is 1.56. The van der Waals surface area contributed by atoms with E-state index in [2.05, 4.69) is 5.32 Å². The Bertz CT molecular complexity index is 685. The number of anilines is 1. The summed E-state index contributed by atoms with van der Waals surface area (Å²) in [5, 5.41) is 2.69. The Hall–Kier alpha value is -2.69. The first kappa shape index (κ1) is 15.7. The second kappa shape index (κ2) is 7.36. The quantitative estimate of drug-likeness (QED) is 0.863. The van der Waals surface area contributed by atoms with E-state index in [1.165, 1.54) is 18.2 Å². The Morgan fingerprint density at radius 2 is 1.91 bits per heavy atom. The van der Waals surface area contributed by atoms with Crippen molar-refractivity contribution < 1.29 is 18.7 Å². The molecular weight excluding hydrogens is 285 g/mol. The average molecular weight is 301 g/mol. The number of para-hydroxylation sites is 1. The van der Waals surface area contributed by atoms with Crippen LogP contribution >= 0.6 is 0 Å². The largest absolute Gasteiger partial charge is 0.452 e. The van der Waals surface area contributed by atoms with E-state index in [0.717, 1.165) is 18.1 Å². The van der Waals surface area contributed by atoms with Gasteiger partial charge >= 0.3 is 5.97 Å². The number of rotatable bonds is 5. The summed E-state index contributed by atoms with van der Waals surface area (Å²) in [7, 11) is 0. The van der Waals surface area contributed by atoms with Crippen molar-refractivity contribution in [2.75, 3.05) is 11.9 Å². The first-order valence-electron chi connectivity index (χ1n) is 6.90. The predicted molar refractivity (Wildman–Crippen MR) is 81.1 cm³/mol. The molecule has 0 aliphatic carbocycles. The molecule has 0 atom stereocenters. The van der Waals surface area contributed by atoms with E-state index in [9.17, 15) is 14.0 Å². The van der Waals surface area contributed by atoms with Crippen LogP contribution < -0.4 is 5.32 Å². The minimum absolute atomic E-state index is 0.0711. The van der Waals surface area contributed by atoms with Crippen LogP contribution in [0.25, 0.3) is 0 Å². The molecule has 5 heteroatoms. The Labute approximate surface area is 127 Å². The number of halogens is 1. The van der Waals surface area contributed by atoms with Crippen LogP contribution in [0.1, 0.15) is 22.8 Å². The molecule has 0 unspecified atom stereocenters. The van der Waals surface area contributed by atoms with Crippen LogP contribution in [0.2, 0.25) is 0 Å². The lowest BCUT2D eigenvalue weighted by Gasteiger charge is -2.10. The fourth-order valence-electron chi connectivity index (χ4n) is 1.97. The zero-order valence-corrected chi connectivity index (χ0v) is 12.1. The molecule has 1 N–H and O–H groups in total. The minimum atomic E-state index is -0.738. The van der Waals surface area contributed by atoms with Gasteiger partial charge in [-0.3, -0.25) is 4.79 Å². The molecule has 0 heterocycles. The zero-order valence-electron chi connectivity index (χ0n) is 12.1. The number of aryl methyl sites for hydroxylation is 1. The van der Waals surface area contributed by atoms with Gasteiger partial charge in [-0.05, 0) is 36.2 Å². The van der Waals surface area contributed by atoms with Gasteiger partial charge in [0.2, 0.25) is 0 Å². The summed E-state index contributed by atoms with van der Waals surface area (Å²) < 4.78 is 17.9. The number of amides is 1. The molecule has 2 aromatic rings. The first-order valence-corrected chi connectivity index (χ1v) is 6.90. The number of carbonyl (C=O) groups excluding carboxylic acids is 2. The summed E-state index contributed by atoms with van der Waals surface area (Å²) in [6.07, 6.45) is 0.777. The van der Waals surface area contributed by atoms with Crippen LogP contribution in [0, 0.1) is 5.82 Å². The molecule has 4 nitrogen and oxygen atoms in total. The lowest BCUT2D eigenvalue weighted by atomic mass is 10.1. The van der Waals surface area contributed by atoms with E-state index in [1.807, 2.05) is 25.1 Å². The predicted octanol–water partition coefficient (Wildman–Crippen LogP) is 3.18. The minimum Gasteiger partial charge on any atom is -0.452 e. The maximum absolute atomic E-state index is 13.0. The molecule has 22 heavy (non-hydrogen) atoms. The number of ether oxygens (including phenoxy) is 1. The molecule has 0 bridgehead atoms. The van der Waals surface area contributed by atoms with E-state index in [-0.39, 0.29) is 5.56 Å². The Balaban J connectivity index is 1.91. The number of carbonyl (C=O) groups is 2. The van der Waals surface area contributed by atoms with Gasteiger partial charge in [0.25, 0.3) is 5.91 Å². The fourth-order valence-corrected chi connectivity index (χ4v) is 1.97. The molecule has 114 valence electrons. The molecule has 0 aliphatic heterocycles. The van der Waals surface area contributed by atoms with Crippen LogP contribution in [0.4, 0.5) is 10.1 Å². The fraction of sp³-hybridized carbons (Fsp3) is 0.176. The smallest absolute Gasteiger partial charge is 0.338 e. The molecule has 0 saturated heterocycles. The molecule has 0 spiro atoms. The maximum Gasteiger partial charge on any atom is 0.338 e. The van der Waals surface area contributed by atoms with Gasteiger partial charge < -0.3 is 10.1 Å². The normalized spacial score (nSPS) is 10.1. The SMILES string of the molecule is CCc1ccccc1NC(=O)COC(=O)c1cccc(F)c1. The van der Waals surface area contributed by atoms with E-state index in [0.29, 0.717) is 5.69 Å². The second-order valence-electron chi connectivity index (χ2n) is 4.65. The van der Waals surface area contributed by atoms with Crippen molar-refractivity contribution in [3.8, 4) is 0 Å². The molecule has 0 fully saturated rings. The van der Waals surface area contributed by atoms with E-state index >= 15 is 0 Å². The number of nitrogens with one attached hydrogen (secondary N) is 1. The molecule has 0 aromatic heterocycles. The van der Waals surface area contributed by atoms with Crippen LogP contribution in [-0.2, 0) is 16.0 Å². The highest BCUT2D eigenvalue weighted by atomic mass is 19.1. The highest BCUT2D eigenvalue weighted by Gasteiger charge is 2.11. The van der Waals surface area contributed by atoms with E-state index in [4.69, 9.17) is 4.74 Å². The molecule has 0 aliphatic rings. The number of esters is 1. The topological polar surface area (TPSA) is 55.4 Å². The maximum atomic E-state index is 13.0. The number of hydrogen-bond acceptors (Lipinski definition) is 3. The van der Waals surface area contributed by atoms with E-state index < -0.39 is 24.3 Å². The van der Waals surface area contributed by atoms with E-state index in [1.54, 1.807) is 6.07 Å². The Morgan fingerprint density at radius 1 is 1.14 bits per heavy atom. The Kier molecular flexibility index (Phi) is 5.25. The third kappa shape index (κ3) is 4.15. The third-order valence-electron chi connectivity index (χ3n) is 3.07. The lowest BCUT2D eigenvalue weighted by Crippen LogP contribution is -2.21. The van der Waals surface area contributed by atoms with Crippen molar-refractivity contribution in [1.82, 2.24) is 0 Å². The van der Waals surface area contributed by atoms with Crippen LogP contribution in [-0.4, -0.2) is 18.5 Å². The van der Waals surface area contributed by atoms with Gasteiger partial charge in [-0.25, -0.2) is 9.18 Å². The monoisotopic (exact) mass is 301 g/mol. The summed E-state index contributed by atoms with van der Waals surface area (Å²) >= 11 is 0. The number of hydrogen-bond donors (Lipinski definition) is 1. The molecule has 0 radical (unpaired) electrons. The third-order valence-corrected chi connectivity index (χ3v) is 3.07. The standard InChI is InChI=1S/C17H16FNO3/c1-2-12-6-3-4-9-15(12)19-16(20)11-22-17(21)13-7-5-8-14(18)10-13/h3-10H,2,11H2,1H3,(H,19,20). The van der Waals surface area contributed by atoms with Gasteiger partial charge in [0, 0.05) is 5.69 Å². The van der Waals surface area contributed by atoms with Crippen molar-refractivity contribution in [1.29, 1.82) is 0 Å². The van der Waals surface area contributed by atoms with Gasteiger partial charge in [-0.2, -0.15) is 0 Å². The molecule has 2 rings (SSSR count). The van der Waals surface area contributed by atoms with Crippen LogP contribution in [0.5, 0.6) is 0 Å². The van der Waals surface area contributed by atoms with Crippen molar-refractivity contribution in [2.24, 2.45) is 0 Å². The molecular formula is C17H16FNO3. The Morgan fingerprint density at radius 3 is 2.64 bits per heavy atom. The van der Waals surface area contributed by atoms with Crippen molar-refractivity contribution in [3.63, 3.8) is 0 Å². The summed E-state index contributed by atoms with van der Waals surface area (Å²) in [4.78, 5) is 23.5. The summed E-state index contributed by atoms with van der Waals surface area (Å²) in [5.41, 5.74) is 1.76. The lowest BCUT2D eigenvalue weighted by molar-refractivity contribution is -0.119. The van der Waals surface area contributed by atoms with Crippen LogP contribution in [0.3, 0.4) is 0 Å². The molecule has 0 saturated carbocycles. The second-order valence-corrected chi connectivity index (χ2v) is 4.65. The first-order chi connectivity index (χ1) is 10.6. The number of benzene rings is 2. The van der Waals surface area contributed by atoms with Crippen LogP contribution in [0.15, 0.2) is 48.5 Å². The summed E-state index contributed by atoms with van der Waals surface area (Å²) in [6, 6.07) is 12.5. The van der Waals surface area contributed by atoms with Gasteiger partial charge in [-0.1, -0.05) is 31.2 Å². The summed E-state index contributed by atoms with van der Waals surface area (Å²) in [5.74, 6) is -1.71. The molecule has 2 aromatic carbocycles.